The molecule has 4 rings (SSSR count). The minimum absolute atomic E-state index is 0.812. The summed E-state index contributed by atoms with van der Waals surface area (Å²) in [5.74, 6) is 1.65. The molecule has 0 aliphatic carbocycles. The Morgan fingerprint density at radius 1 is 0.682 bits per heavy atom. The minimum atomic E-state index is 0.812. The van der Waals surface area contributed by atoms with Gasteiger partial charge in [0.1, 0.15) is 11.5 Å². The van der Waals surface area contributed by atoms with Crippen LogP contribution in [0.15, 0.2) is 85.1 Å². The Morgan fingerprint density at radius 3 is 2.14 bits per heavy atom. The first kappa shape index (κ1) is 12.7. The molecule has 1 heterocycles. The summed E-state index contributed by atoms with van der Waals surface area (Å²) in [7, 11) is 0. The normalized spacial score (nSPS) is 10.7. The SMILES string of the molecule is c1ccc(Oc2ccc(-n3cc4ccccc4n3)cc2)cc1. The molecule has 3 aromatic carbocycles. The van der Waals surface area contributed by atoms with Crippen LogP contribution in [-0.2, 0) is 0 Å². The van der Waals surface area contributed by atoms with Crippen molar-refractivity contribution in [3.05, 3.63) is 85.1 Å². The minimum Gasteiger partial charge on any atom is -0.457 e. The molecule has 0 aliphatic rings. The van der Waals surface area contributed by atoms with E-state index in [9.17, 15) is 0 Å². The van der Waals surface area contributed by atoms with Gasteiger partial charge in [-0.15, -0.1) is 0 Å². The second-order valence-corrected chi connectivity index (χ2v) is 5.04. The van der Waals surface area contributed by atoms with Gasteiger partial charge < -0.3 is 4.74 Å². The molecule has 0 saturated heterocycles. The lowest BCUT2D eigenvalue weighted by Crippen LogP contribution is -1.94. The van der Waals surface area contributed by atoms with Gasteiger partial charge in [-0.3, -0.25) is 0 Å². The van der Waals surface area contributed by atoms with Crippen LogP contribution in [0.5, 0.6) is 11.5 Å². The standard InChI is InChI=1S/C19H14N2O/c1-2-7-17(8-3-1)22-18-12-10-16(11-13-18)21-14-15-6-4-5-9-19(15)20-21/h1-14H. The van der Waals surface area contributed by atoms with Crippen LogP contribution in [0, 0.1) is 0 Å². The van der Waals surface area contributed by atoms with Crippen LogP contribution >= 0.6 is 0 Å². The number of nitrogens with zero attached hydrogens (tertiary/aromatic N) is 2. The monoisotopic (exact) mass is 286 g/mol. The maximum Gasteiger partial charge on any atom is 0.127 e. The van der Waals surface area contributed by atoms with Crippen molar-refractivity contribution in [3.63, 3.8) is 0 Å². The average molecular weight is 286 g/mol. The molecule has 0 amide bonds. The highest BCUT2D eigenvalue weighted by molar-refractivity contribution is 5.78. The number of rotatable bonds is 3. The van der Waals surface area contributed by atoms with Gasteiger partial charge in [0.15, 0.2) is 0 Å². The third-order valence-electron chi connectivity index (χ3n) is 3.49. The highest BCUT2D eigenvalue weighted by Gasteiger charge is 2.03. The van der Waals surface area contributed by atoms with E-state index < -0.39 is 0 Å². The maximum absolute atomic E-state index is 5.80. The highest BCUT2D eigenvalue weighted by atomic mass is 16.5. The highest BCUT2D eigenvalue weighted by Crippen LogP contribution is 2.23. The second kappa shape index (κ2) is 5.37. The first-order valence-electron chi connectivity index (χ1n) is 7.16. The molecule has 3 heteroatoms. The van der Waals surface area contributed by atoms with Gasteiger partial charge in [-0.25, -0.2) is 4.68 Å². The molecule has 22 heavy (non-hydrogen) atoms. The van der Waals surface area contributed by atoms with Gasteiger partial charge in [-0.2, -0.15) is 5.10 Å². The summed E-state index contributed by atoms with van der Waals surface area (Å²) in [6.45, 7) is 0. The number of ether oxygens (including phenoxy) is 1. The van der Waals surface area contributed by atoms with E-state index in [2.05, 4.69) is 11.2 Å². The second-order valence-electron chi connectivity index (χ2n) is 5.04. The van der Waals surface area contributed by atoms with Crippen molar-refractivity contribution in [2.24, 2.45) is 0 Å². The summed E-state index contributed by atoms with van der Waals surface area (Å²) in [5, 5.41) is 5.70. The summed E-state index contributed by atoms with van der Waals surface area (Å²) in [4.78, 5) is 0. The van der Waals surface area contributed by atoms with E-state index in [4.69, 9.17) is 4.74 Å². The number of hydrogen-bond acceptors (Lipinski definition) is 2. The molecule has 0 saturated carbocycles. The predicted molar refractivity (Wildman–Crippen MR) is 87.6 cm³/mol. The van der Waals surface area contributed by atoms with E-state index >= 15 is 0 Å². The molecule has 0 radical (unpaired) electrons. The molecule has 0 atom stereocenters. The number of para-hydroxylation sites is 1. The third-order valence-corrected chi connectivity index (χ3v) is 3.49. The summed E-state index contributed by atoms with van der Waals surface area (Å²) in [6, 6.07) is 25.8. The molecule has 0 aliphatic heterocycles. The van der Waals surface area contributed by atoms with E-state index in [0.717, 1.165) is 28.1 Å². The van der Waals surface area contributed by atoms with E-state index in [1.54, 1.807) is 0 Å². The lowest BCUT2D eigenvalue weighted by molar-refractivity contribution is 0.482. The molecule has 106 valence electrons. The van der Waals surface area contributed by atoms with Crippen molar-refractivity contribution in [2.45, 2.75) is 0 Å². The number of hydrogen-bond donors (Lipinski definition) is 0. The van der Waals surface area contributed by atoms with Gasteiger partial charge in [0.25, 0.3) is 0 Å². The van der Waals surface area contributed by atoms with Crippen LogP contribution < -0.4 is 4.74 Å². The fourth-order valence-corrected chi connectivity index (χ4v) is 2.39. The van der Waals surface area contributed by atoms with Crippen LogP contribution in [0.2, 0.25) is 0 Å². The smallest absolute Gasteiger partial charge is 0.127 e. The summed E-state index contributed by atoms with van der Waals surface area (Å²) in [6.07, 6.45) is 2.03. The van der Waals surface area contributed by atoms with Gasteiger partial charge in [-0.05, 0) is 42.5 Å². The molecule has 1 aromatic heterocycles. The van der Waals surface area contributed by atoms with Crippen molar-refractivity contribution in [1.82, 2.24) is 9.78 Å². The van der Waals surface area contributed by atoms with Crippen LogP contribution in [0.1, 0.15) is 0 Å². The summed E-state index contributed by atoms with van der Waals surface area (Å²) >= 11 is 0. The van der Waals surface area contributed by atoms with Crippen LogP contribution in [0.3, 0.4) is 0 Å². The van der Waals surface area contributed by atoms with E-state index in [-0.39, 0.29) is 0 Å². The lowest BCUT2D eigenvalue weighted by atomic mass is 10.2. The Balaban J connectivity index is 1.61. The maximum atomic E-state index is 5.80. The van der Waals surface area contributed by atoms with Gasteiger partial charge >= 0.3 is 0 Å². The zero-order valence-electron chi connectivity index (χ0n) is 11.9. The van der Waals surface area contributed by atoms with Crippen LogP contribution in [0.25, 0.3) is 16.6 Å². The summed E-state index contributed by atoms with van der Waals surface area (Å²) in [5.41, 5.74) is 2.00. The molecule has 3 nitrogen and oxygen atoms in total. The Labute approximate surface area is 128 Å². The molecule has 0 unspecified atom stereocenters. The lowest BCUT2D eigenvalue weighted by Gasteiger charge is -2.06. The van der Waals surface area contributed by atoms with Crippen molar-refractivity contribution in [2.75, 3.05) is 0 Å². The Kier molecular flexibility index (Phi) is 3.09. The van der Waals surface area contributed by atoms with Gasteiger partial charge in [0.05, 0.1) is 11.2 Å². The first-order valence-corrected chi connectivity index (χ1v) is 7.16. The molecule has 0 bridgehead atoms. The molecule has 0 spiro atoms. The quantitative estimate of drug-likeness (QED) is 0.540. The van der Waals surface area contributed by atoms with Crippen molar-refractivity contribution in [1.29, 1.82) is 0 Å². The zero-order chi connectivity index (χ0) is 14.8. The van der Waals surface area contributed by atoms with Crippen molar-refractivity contribution in [3.8, 4) is 17.2 Å². The number of aromatic nitrogens is 2. The fourth-order valence-electron chi connectivity index (χ4n) is 2.39. The number of benzene rings is 3. The molecule has 0 N–H and O–H groups in total. The van der Waals surface area contributed by atoms with E-state index in [0.29, 0.717) is 0 Å². The zero-order valence-corrected chi connectivity index (χ0v) is 11.9. The van der Waals surface area contributed by atoms with Crippen molar-refractivity contribution >= 4 is 10.9 Å². The van der Waals surface area contributed by atoms with Gasteiger partial charge in [0.2, 0.25) is 0 Å². The van der Waals surface area contributed by atoms with E-state index in [1.807, 2.05) is 83.7 Å². The molecule has 0 fully saturated rings. The van der Waals surface area contributed by atoms with Crippen LogP contribution in [-0.4, -0.2) is 9.78 Å². The van der Waals surface area contributed by atoms with Crippen LogP contribution in [0.4, 0.5) is 0 Å². The fraction of sp³-hybridized carbons (Fsp3) is 0. The first-order chi connectivity index (χ1) is 10.9. The summed E-state index contributed by atoms with van der Waals surface area (Å²) < 4.78 is 7.68. The largest absolute Gasteiger partial charge is 0.457 e. The Bertz CT molecular complexity index is 863. The predicted octanol–water partition coefficient (Wildman–Crippen LogP) is 4.82. The molecule has 4 aromatic rings. The van der Waals surface area contributed by atoms with Crippen molar-refractivity contribution < 1.29 is 4.74 Å². The number of fused-ring (bicyclic) bond motifs is 1. The van der Waals surface area contributed by atoms with Gasteiger partial charge in [-0.1, -0.05) is 36.4 Å². The molecular formula is C19H14N2O. The van der Waals surface area contributed by atoms with E-state index in [1.165, 1.54) is 0 Å². The third kappa shape index (κ3) is 2.44. The van der Waals surface area contributed by atoms with Gasteiger partial charge in [0, 0.05) is 11.6 Å². The Morgan fingerprint density at radius 2 is 1.36 bits per heavy atom. The molecular weight excluding hydrogens is 272 g/mol. The average Bonchev–Trinajstić information content (AvgIpc) is 3.00. The topological polar surface area (TPSA) is 27.1 Å². The Hall–Kier alpha value is -3.07.